The molecule has 0 aliphatic heterocycles. The van der Waals surface area contributed by atoms with Crippen LogP contribution in [0.3, 0.4) is 0 Å². The van der Waals surface area contributed by atoms with Crippen molar-refractivity contribution in [2.24, 2.45) is 0 Å². The lowest BCUT2D eigenvalue weighted by atomic mass is 10.0. The largest absolute Gasteiger partial charge is 0.452 e. The Bertz CT molecular complexity index is 1380. The van der Waals surface area contributed by atoms with E-state index in [0.717, 1.165) is 34.2 Å². The van der Waals surface area contributed by atoms with E-state index in [1.54, 1.807) is 33.2 Å². The van der Waals surface area contributed by atoms with E-state index in [2.05, 4.69) is 71.7 Å². The molecule has 2 unspecified atom stereocenters. The normalized spacial score (nSPS) is 12.8. The first-order chi connectivity index (χ1) is 23.2. The maximum absolute atomic E-state index is 13.3. The molecule has 4 rings (SSSR count). The summed E-state index contributed by atoms with van der Waals surface area (Å²) in [7, 11) is 2.85. The van der Waals surface area contributed by atoms with Crippen LogP contribution in [0.5, 0.6) is 0 Å². The molecular formula is C36H48N6O4S2. The Balaban J connectivity index is 1.59. The number of benzene rings is 2. The van der Waals surface area contributed by atoms with Crippen molar-refractivity contribution in [2.45, 2.75) is 64.7 Å². The van der Waals surface area contributed by atoms with Gasteiger partial charge in [-0.2, -0.15) is 0 Å². The third-order valence-corrected chi connectivity index (χ3v) is 9.98. The van der Waals surface area contributed by atoms with Gasteiger partial charge >= 0.3 is 12.2 Å². The predicted molar refractivity (Wildman–Crippen MR) is 195 cm³/mol. The zero-order chi connectivity index (χ0) is 34.5. The van der Waals surface area contributed by atoms with Gasteiger partial charge in [-0.15, -0.1) is 22.7 Å². The van der Waals surface area contributed by atoms with E-state index < -0.39 is 12.2 Å². The summed E-state index contributed by atoms with van der Waals surface area (Å²) in [5, 5.41) is 1.51. The highest BCUT2D eigenvalue weighted by Crippen LogP contribution is 2.27. The summed E-state index contributed by atoms with van der Waals surface area (Å²) < 4.78 is 10.6. The van der Waals surface area contributed by atoms with Crippen molar-refractivity contribution in [3.8, 4) is 0 Å². The Kier molecular flexibility index (Phi) is 14.4. The van der Waals surface area contributed by atoms with E-state index in [1.807, 2.05) is 36.4 Å². The van der Waals surface area contributed by atoms with Gasteiger partial charge in [0.15, 0.2) is 0 Å². The molecule has 4 aromatic rings. The van der Waals surface area contributed by atoms with Crippen molar-refractivity contribution in [3.63, 3.8) is 0 Å². The van der Waals surface area contributed by atoms with Crippen LogP contribution in [-0.4, -0.2) is 96.5 Å². The number of thiazole rings is 2. The Morgan fingerprint density at radius 1 is 0.646 bits per heavy atom. The summed E-state index contributed by atoms with van der Waals surface area (Å²) in [6.07, 6.45) is 3.97. The van der Waals surface area contributed by atoms with Crippen LogP contribution in [-0.2, 0) is 22.3 Å². The molecule has 48 heavy (non-hydrogen) atoms. The van der Waals surface area contributed by atoms with Crippen molar-refractivity contribution in [1.29, 1.82) is 0 Å². The number of anilines is 2. The number of amides is 2. The van der Waals surface area contributed by atoms with E-state index in [0.29, 0.717) is 25.9 Å². The summed E-state index contributed by atoms with van der Waals surface area (Å²) in [4.78, 5) is 43.4. The Morgan fingerprint density at radius 2 is 1.02 bits per heavy atom. The number of methoxy groups -OCH3 is 2. The molecule has 10 nitrogen and oxygen atoms in total. The van der Waals surface area contributed by atoms with Crippen molar-refractivity contribution in [1.82, 2.24) is 19.8 Å². The third-order valence-electron chi connectivity index (χ3n) is 8.44. The van der Waals surface area contributed by atoms with Gasteiger partial charge in [0.25, 0.3) is 0 Å². The maximum Gasteiger partial charge on any atom is 0.415 e. The monoisotopic (exact) mass is 692 g/mol. The molecule has 2 aromatic carbocycles. The zero-order valence-corrected chi connectivity index (χ0v) is 30.4. The molecule has 258 valence electrons. The van der Waals surface area contributed by atoms with Gasteiger partial charge in [0.05, 0.1) is 49.7 Å². The van der Waals surface area contributed by atoms with Crippen LogP contribution in [0, 0.1) is 0 Å². The van der Waals surface area contributed by atoms with Crippen LogP contribution in [0.15, 0.2) is 84.1 Å². The van der Waals surface area contributed by atoms with Crippen LogP contribution < -0.4 is 9.80 Å². The van der Waals surface area contributed by atoms with Gasteiger partial charge in [0, 0.05) is 38.3 Å². The van der Waals surface area contributed by atoms with E-state index in [-0.39, 0.29) is 24.2 Å². The molecule has 2 amide bonds. The summed E-state index contributed by atoms with van der Waals surface area (Å²) in [6.45, 7) is 11.5. The standard InChI is InChI=1S/C36H48N6O4S2/c1-27(2)39(23-31(19-29-13-9-7-10-14-29)41(35(43)45-5)33-21-37-25-47-33)17-18-40(28(3)4)24-32(20-30-15-11-8-12-16-30)42(36(44)46-6)34-22-38-26-48-34/h7-16,21-22,25-28,31-32H,17-20,23-24H2,1-6H3. The van der Waals surface area contributed by atoms with Gasteiger partial charge in [-0.1, -0.05) is 60.7 Å². The van der Waals surface area contributed by atoms with Gasteiger partial charge in [0.2, 0.25) is 0 Å². The second kappa shape index (κ2) is 18.6. The second-order valence-electron chi connectivity index (χ2n) is 12.2. The smallest absolute Gasteiger partial charge is 0.415 e. The number of ether oxygens (including phenoxy) is 2. The molecule has 0 fully saturated rings. The Hall–Kier alpha value is -3.84. The Morgan fingerprint density at radius 3 is 1.31 bits per heavy atom. The fraction of sp³-hybridized carbons (Fsp3) is 0.444. The first-order valence-corrected chi connectivity index (χ1v) is 18.0. The van der Waals surface area contributed by atoms with E-state index >= 15 is 0 Å². The van der Waals surface area contributed by atoms with Crippen molar-refractivity contribution >= 4 is 44.9 Å². The average Bonchev–Trinajstić information content (AvgIpc) is 3.82. The van der Waals surface area contributed by atoms with Gasteiger partial charge < -0.3 is 9.47 Å². The highest BCUT2D eigenvalue weighted by Gasteiger charge is 2.32. The van der Waals surface area contributed by atoms with E-state index in [9.17, 15) is 9.59 Å². The number of carbonyl (C=O) groups is 2. The highest BCUT2D eigenvalue weighted by atomic mass is 32.1. The molecule has 0 aliphatic rings. The molecule has 0 N–H and O–H groups in total. The number of hydrogen-bond acceptors (Lipinski definition) is 10. The van der Waals surface area contributed by atoms with Crippen LogP contribution in [0.2, 0.25) is 0 Å². The lowest BCUT2D eigenvalue weighted by Gasteiger charge is -2.39. The van der Waals surface area contributed by atoms with Gasteiger partial charge in [-0.05, 0) is 51.7 Å². The summed E-state index contributed by atoms with van der Waals surface area (Å²) in [5.74, 6) is 0. The molecule has 0 saturated heterocycles. The lowest BCUT2D eigenvalue weighted by Crippen LogP contribution is -2.53. The van der Waals surface area contributed by atoms with Gasteiger partial charge in [-0.25, -0.2) is 9.59 Å². The summed E-state index contributed by atoms with van der Waals surface area (Å²) >= 11 is 2.85. The van der Waals surface area contributed by atoms with Gasteiger partial charge in [0.1, 0.15) is 10.0 Å². The fourth-order valence-corrected chi connectivity index (χ4v) is 7.23. The van der Waals surface area contributed by atoms with Crippen molar-refractivity contribution in [3.05, 3.63) is 95.2 Å². The third kappa shape index (κ3) is 10.3. The summed E-state index contributed by atoms with van der Waals surface area (Å²) in [5.41, 5.74) is 5.76. The minimum Gasteiger partial charge on any atom is -0.452 e. The minimum absolute atomic E-state index is 0.192. The molecule has 0 spiro atoms. The van der Waals surface area contributed by atoms with Crippen LogP contribution in [0.4, 0.5) is 19.6 Å². The Labute approximate surface area is 292 Å². The van der Waals surface area contributed by atoms with E-state index in [4.69, 9.17) is 9.47 Å². The average molecular weight is 693 g/mol. The first-order valence-electron chi connectivity index (χ1n) is 16.3. The summed E-state index contributed by atoms with van der Waals surface area (Å²) in [6, 6.07) is 20.5. The van der Waals surface area contributed by atoms with Crippen LogP contribution in [0.25, 0.3) is 0 Å². The minimum atomic E-state index is -0.401. The molecule has 0 bridgehead atoms. The zero-order valence-electron chi connectivity index (χ0n) is 28.8. The van der Waals surface area contributed by atoms with Gasteiger partial charge in [-0.3, -0.25) is 29.6 Å². The molecule has 0 radical (unpaired) electrons. The highest BCUT2D eigenvalue weighted by molar-refractivity contribution is 7.14. The van der Waals surface area contributed by atoms with E-state index in [1.165, 1.54) is 36.9 Å². The number of rotatable bonds is 17. The predicted octanol–water partition coefficient (Wildman–Crippen LogP) is 7.09. The second-order valence-corrected chi connectivity index (χ2v) is 14.0. The SMILES string of the molecule is COC(=O)N(c1cncs1)C(Cc1ccccc1)CN(CCN(CC(Cc1ccccc1)N(C(=O)OC)c1cncs1)C(C)C)C(C)C. The fourth-order valence-electron chi connectivity index (χ4n) is 5.86. The first kappa shape index (κ1) is 37.0. The molecule has 0 aliphatic carbocycles. The number of carbonyl (C=O) groups excluding carboxylic acids is 2. The molecule has 2 heterocycles. The van der Waals surface area contributed by atoms with Crippen molar-refractivity contribution in [2.75, 3.05) is 50.2 Å². The molecule has 0 saturated carbocycles. The molecule has 2 atom stereocenters. The lowest BCUT2D eigenvalue weighted by molar-refractivity contribution is 0.135. The van der Waals surface area contributed by atoms with Crippen molar-refractivity contribution < 1.29 is 19.1 Å². The maximum atomic E-state index is 13.3. The number of aromatic nitrogens is 2. The number of nitrogens with zero attached hydrogens (tertiary/aromatic N) is 6. The molecular weight excluding hydrogens is 645 g/mol. The quantitative estimate of drug-likeness (QED) is 0.116. The topological polar surface area (TPSA) is 91.3 Å². The molecule has 2 aromatic heterocycles. The number of hydrogen-bond donors (Lipinski definition) is 0. The van der Waals surface area contributed by atoms with Crippen LogP contribution >= 0.6 is 22.7 Å². The van der Waals surface area contributed by atoms with Crippen LogP contribution in [0.1, 0.15) is 38.8 Å². The molecule has 12 heteroatoms.